The molecule has 0 fully saturated rings. The van der Waals surface area contributed by atoms with E-state index in [4.69, 9.17) is 0 Å². The molecule has 0 aromatic heterocycles. The summed E-state index contributed by atoms with van der Waals surface area (Å²) in [5.41, 5.74) is 1.28. The first kappa shape index (κ1) is 7.83. The van der Waals surface area contributed by atoms with Crippen molar-refractivity contribution in [2.75, 3.05) is 6.26 Å². The van der Waals surface area contributed by atoms with Gasteiger partial charge in [-0.2, -0.15) is 0 Å². The molecule has 0 nitrogen and oxygen atoms in total. The van der Waals surface area contributed by atoms with Crippen LogP contribution in [0.25, 0.3) is 0 Å². The van der Waals surface area contributed by atoms with Crippen LogP contribution in [0, 0.1) is 0 Å². The van der Waals surface area contributed by atoms with Crippen LogP contribution in [0.15, 0.2) is 23.1 Å². The summed E-state index contributed by atoms with van der Waals surface area (Å²) in [7, 11) is 0. The average Bonchev–Trinajstić information content (AvgIpc) is 1.84. The van der Waals surface area contributed by atoms with Crippen LogP contribution in [0.2, 0.25) is 0 Å². The summed E-state index contributed by atoms with van der Waals surface area (Å²) in [6.07, 6.45) is 4.11. The maximum atomic E-state index is 3.84. The lowest BCUT2D eigenvalue weighted by molar-refractivity contribution is 1.47. The summed E-state index contributed by atoms with van der Waals surface area (Å²) >= 11 is 1.69. The second-order valence-corrected chi connectivity index (χ2v) is 2.50. The highest BCUT2D eigenvalue weighted by molar-refractivity contribution is 8.02. The van der Waals surface area contributed by atoms with E-state index in [-0.39, 0.29) is 0 Å². The molecule has 0 atom stereocenters. The molecule has 0 rings (SSSR count). The van der Waals surface area contributed by atoms with Gasteiger partial charge >= 0.3 is 0 Å². The zero-order valence-corrected chi connectivity index (χ0v) is 6.51. The zero-order chi connectivity index (χ0) is 6.57. The summed E-state index contributed by atoms with van der Waals surface area (Å²) in [5.74, 6) is 0. The van der Waals surface area contributed by atoms with E-state index in [1.54, 1.807) is 11.8 Å². The third-order valence-electron chi connectivity index (χ3n) is 1.12. The SMILES string of the molecule is C=C(SC)/C(C)=C\C. The van der Waals surface area contributed by atoms with Crippen LogP contribution in [-0.2, 0) is 0 Å². The van der Waals surface area contributed by atoms with Crippen LogP contribution in [0.5, 0.6) is 0 Å². The lowest BCUT2D eigenvalue weighted by Gasteiger charge is -1.97. The Morgan fingerprint density at radius 3 is 2.25 bits per heavy atom. The lowest BCUT2D eigenvalue weighted by Crippen LogP contribution is -1.72. The van der Waals surface area contributed by atoms with Gasteiger partial charge in [0, 0.05) is 4.91 Å². The first-order chi connectivity index (χ1) is 3.72. The van der Waals surface area contributed by atoms with E-state index in [2.05, 4.69) is 19.6 Å². The van der Waals surface area contributed by atoms with Gasteiger partial charge in [-0.15, -0.1) is 11.8 Å². The molecule has 0 spiro atoms. The Labute approximate surface area is 55.7 Å². The van der Waals surface area contributed by atoms with Gasteiger partial charge < -0.3 is 0 Å². The molecule has 0 saturated carbocycles. The normalized spacial score (nSPS) is 11.6. The molecule has 0 heterocycles. The highest BCUT2D eigenvalue weighted by atomic mass is 32.2. The minimum Gasteiger partial charge on any atom is -0.130 e. The average molecular weight is 128 g/mol. The van der Waals surface area contributed by atoms with Crippen molar-refractivity contribution in [2.24, 2.45) is 0 Å². The van der Waals surface area contributed by atoms with Crippen molar-refractivity contribution in [1.82, 2.24) is 0 Å². The topological polar surface area (TPSA) is 0 Å². The number of hydrogen-bond donors (Lipinski definition) is 0. The van der Waals surface area contributed by atoms with Crippen molar-refractivity contribution in [1.29, 1.82) is 0 Å². The predicted molar refractivity (Wildman–Crippen MR) is 42.1 cm³/mol. The van der Waals surface area contributed by atoms with Gasteiger partial charge in [0.25, 0.3) is 0 Å². The molecular formula is C7H12S. The molecule has 0 N–H and O–H groups in total. The number of thioether (sulfide) groups is 1. The molecule has 0 radical (unpaired) electrons. The van der Waals surface area contributed by atoms with Crippen LogP contribution < -0.4 is 0 Å². The molecule has 0 aromatic carbocycles. The van der Waals surface area contributed by atoms with E-state index < -0.39 is 0 Å². The summed E-state index contributed by atoms with van der Waals surface area (Å²) in [4.78, 5) is 1.16. The molecule has 8 heavy (non-hydrogen) atoms. The van der Waals surface area contributed by atoms with E-state index in [0.29, 0.717) is 0 Å². The number of hydrogen-bond acceptors (Lipinski definition) is 1. The Hall–Kier alpha value is -0.170. The fraction of sp³-hybridized carbons (Fsp3) is 0.429. The summed E-state index contributed by atoms with van der Waals surface area (Å²) in [5, 5.41) is 0. The first-order valence-electron chi connectivity index (χ1n) is 2.58. The Morgan fingerprint density at radius 2 is 2.12 bits per heavy atom. The number of rotatable bonds is 2. The highest BCUT2D eigenvalue weighted by Crippen LogP contribution is 2.17. The van der Waals surface area contributed by atoms with Gasteiger partial charge in [0.05, 0.1) is 0 Å². The van der Waals surface area contributed by atoms with Crippen molar-refractivity contribution < 1.29 is 0 Å². The standard InChI is InChI=1S/C7H12S/c1-5-6(2)7(3)8-4/h5H,3H2,1-2,4H3/b6-5-. The third kappa shape index (κ3) is 2.22. The number of allylic oxidation sites excluding steroid dienone is 2. The van der Waals surface area contributed by atoms with Crippen LogP contribution >= 0.6 is 11.8 Å². The predicted octanol–water partition coefficient (Wildman–Crippen LogP) is 2.83. The van der Waals surface area contributed by atoms with Crippen molar-refractivity contribution >= 4 is 11.8 Å². The molecule has 0 saturated heterocycles. The van der Waals surface area contributed by atoms with E-state index >= 15 is 0 Å². The zero-order valence-electron chi connectivity index (χ0n) is 5.69. The Kier molecular flexibility index (Phi) is 3.71. The van der Waals surface area contributed by atoms with Crippen molar-refractivity contribution in [2.45, 2.75) is 13.8 Å². The second-order valence-electron chi connectivity index (χ2n) is 1.60. The Morgan fingerprint density at radius 1 is 1.62 bits per heavy atom. The van der Waals surface area contributed by atoms with Crippen molar-refractivity contribution in [3.05, 3.63) is 23.1 Å². The lowest BCUT2D eigenvalue weighted by atomic mass is 10.3. The minimum absolute atomic E-state index is 1.16. The monoisotopic (exact) mass is 128 g/mol. The third-order valence-corrected chi connectivity index (χ3v) is 1.93. The fourth-order valence-corrected chi connectivity index (χ4v) is 0.762. The van der Waals surface area contributed by atoms with Gasteiger partial charge in [-0.1, -0.05) is 12.7 Å². The molecule has 0 amide bonds. The van der Waals surface area contributed by atoms with Crippen LogP contribution in [0.1, 0.15) is 13.8 Å². The smallest absolute Gasteiger partial charge is 0.00231 e. The minimum atomic E-state index is 1.16. The van der Waals surface area contributed by atoms with E-state index in [1.807, 2.05) is 13.2 Å². The van der Waals surface area contributed by atoms with Crippen LogP contribution in [0.4, 0.5) is 0 Å². The molecule has 0 aliphatic rings. The molecular weight excluding hydrogens is 116 g/mol. The van der Waals surface area contributed by atoms with Crippen LogP contribution in [-0.4, -0.2) is 6.26 Å². The molecule has 1 heteroatoms. The van der Waals surface area contributed by atoms with Gasteiger partial charge in [-0.3, -0.25) is 0 Å². The maximum absolute atomic E-state index is 3.84. The molecule has 0 aliphatic carbocycles. The highest BCUT2D eigenvalue weighted by Gasteiger charge is 1.88. The summed E-state index contributed by atoms with van der Waals surface area (Å²) in [6.45, 7) is 7.93. The van der Waals surface area contributed by atoms with Gasteiger partial charge in [0.2, 0.25) is 0 Å². The summed E-state index contributed by atoms with van der Waals surface area (Å²) < 4.78 is 0. The Bertz CT molecular complexity index is 112. The van der Waals surface area contributed by atoms with Crippen molar-refractivity contribution in [3.8, 4) is 0 Å². The van der Waals surface area contributed by atoms with Crippen molar-refractivity contribution in [3.63, 3.8) is 0 Å². The Balaban J connectivity index is 3.83. The molecule has 0 aliphatic heterocycles. The molecule has 46 valence electrons. The van der Waals surface area contributed by atoms with Gasteiger partial charge in [-0.25, -0.2) is 0 Å². The van der Waals surface area contributed by atoms with Gasteiger partial charge in [-0.05, 0) is 25.7 Å². The van der Waals surface area contributed by atoms with E-state index in [9.17, 15) is 0 Å². The quantitative estimate of drug-likeness (QED) is 0.515. The summed E-state index contributed by atoms with van der Waals surface area (Å²) in [6, 6.07) is 0. The largest absolute Gasteiger partial charge is 0.130 e. The van der Waals surface area contributed by atoms with E-state index in [0.717, 1.165) is 4.91 Å². The van der Waals surface area contributed by atoms with Gasteiger partial charge in [0.1, 0.15) is 0 Å². The van der Waals surface area contributed by atoms with E-state index in [1.165, 1.54) is 5.57 Å². The molecule has 0 bridgehead atoms. The first-order valence-corrected chi connectivity index (χ1v) is 3.81. The van der Waals surface area contributed by atoms with Gasteiger partial charge in [0.15, 0.2) is 0 Å². The second kappa shape index (κ2) is 3.79. The molecule has 0 aromatic rings. The molecule has 0 unspecified atom stereocenters. The fourth-order valence-electron chi connectivity index (χ4n) is 0.322. The van der Waals surface area contributed by atoms with Crippen LogP contribution in [0.3, 0.4) is 0 Å². The maximum Gasteiger partial charge on any atom is 0.00231 e.